The maximum atomic E-state index is 12.5. The van der Waals surface area contributed by atoms with E-state index in [2.05, 4.69) is 33.0 Å². The molecule has 1 unspecified atom stereocenters. The minimum atomic E-state index is -0.0737. The highest BCUT2D eigenvalue weighted by Crippen LogP contribution is 2.33. The summed E-state index contributed by atoms with van der Waals surface area (Å²) in [4.78, 5) is 19.0. The summed E-state index contributed by atoms with van der Waals surface area (Å²) in [6, 6.07) is 7.73. The average Bonchev–Trinajstić information content (AvgIpc) is 3.28. The summed E-state index contributed by atoms with van der Waals surface area (Å²) in [7, 11) is 0. The molecule has 0 bridgehead atoms. The van der Waals surface area contributed by atoms with E-state index < -0.39 is 0 Å². The number of hydrogen-bond acceptors (Lipinski definition) is 4. The van der Waals surface area contributed by atoms with Gasteiger partial charge in [-0.25, -0.2) is 0 Å². The molecule has 1 amide bonds. The molecule has 0 N–H and O–H groups in total. The Kier molecular flexibility index (Phi) is 6.24. The lowest BCUT2D eigenvalue weighted by Crippen LogP contribution is -2.30. The van der Waals surface area contributed by atoms with Crippen molar-refractivity contribution in [3.05, 3.63) is 34.6 Å². The highest BCUT2D eigenvalue weighted by molar-refractivity contribution is 9.10. The molecule has 25 heavy (non-hydrogen) atoms. The minimum Gasteiger partial charge on any atom is -0.337 e. The maximum Gasteiger partial charge on any atom is 0.249 e. The van der Waals surface area contributed by atoms with Crippen LogP contribution >= 0.6 is 15.9 Å². The lowest BCUT2D eigenvalue weighted by atomic mass is 10.1. The molecule has 1 aliphatic rings. The van der Waals surface area contributed by atoms with Gasteiger partial charge in [0, 0.05) is 23.0 Å². The molecule has 2 aromatic rings. The first-order valence-electron chi connectivity index (χ1n) is 9.08. The van der Waals surface area contributed by atoms with Crippen molar-refractivity contribution in [1.29, 1.82) is 0 Å². The molecule has 1 fully saturated rings. The van der Waals surface area contributed by atoms with Crippen LogP contribution in [0.15, 0.2) is 33.3 Å². The van der Waals surface area contributed by atoms with Crippen LogP contribution in [0.2, 0.25) is 0 Å². The number of rotatable bonds is 7. The molecule has 134 valence electrons. The third kappa shape index (κ3) is 4.48. The van der Waals surface area contributed by atoms with Gasteiger partial charge in [0.2, 0.25) is 17.6 Å². The van der Waals surface area contributed by atoms with Crippen LogP contribution in [0.1, 0.15) is 63.8 Å². The van der Waals surface area contributed by atoms with E-state index in [1.54, 1.807) is 0 Å². The molecule has 0 spiro atoms. The average molecular weight is 406 g/mol. The number of unbranched alkanes of at least 4 members (excludes halogenated alkanes) is 3. The van der Waals surface area contributed by atoms with Gasteiger partial charge in [0.15, 0.2) is 0 Å². The van der Waals surface area contributed by atoms with Crippen LogP contribution in [-0.2, 0) is 4.79 Å². The third-order valence-corrected chi connectivity index (χ3v) is 5.18. The first-order chi connectivity index (χ1) is 12.2. The van der Waals surface area contributed by atoms with Crippen LogP contribution in [0.25, 0.3) is 11.4 Å². The molecule has 1 saturated heterocycles. The highest BCUT2D eigenvalue weighted by Gasteiger charge is 2.33. The molecule has 0 saturated carbocycles. The lowest BCUT2D eigenvalue weighted by molar-refractivity contribution is -0.132. The predicted molar refractivity (Wildman–Crippen MR) is 99.9 cm³/mol. The summed E-state index contributed by atoms with van der Waals surface area (Å²) in [5.41, 5.74) is 0.911. The fourth-order valence-electron chi connectivity index (χ4n) is 3.26. The van der Waals surface area contributed by atoms with E-state index in [0.29, 0.717) is 18.1 Å². The van der Waals surface area contributed by atoms with Crippen LogP contribution in [-0.4, -0.2) is 27.5 Å². The van der Waals surface area contributed by atoms with E-state index in [4.69, 9.17) is 4.52 Å². The number of carbonyl (C=O) groups excluding carboxylic acids is 1. The van der Waals surface area contributed by atoms with Crippen LogP contribution in [0.3, 0.4) is 0 Å². The summed E-state index contributed by atoms with van der Waals surface area (Å²) in [5, 5.41) is 4.10. The van der Waals surface area contributed by atoms with E-state index in [0.717, 1.165) is 42.3 Å². The molecule has 5 nitrogen and oxygen atoms in total. The fraction of sp³-hybridized carbons (Fsp3) is 0.526. The Morgan fingerprint density at radius 2 is 2.08 bits per heavy atom. The Bertz CT molecular complexity index is 699. The standard InChI is InChI=1S/C19H24BrN3O2/c1-2-3-4-5-8-17(24)23-13-6-7-16(23)19-21-18(22-25-19)14-9-11-15(20)12-10-14/h9-12,16H,2-8,13H2,1H3. The van der Waals surface area contributed by atoms with Gasteiger partial charge < -0.3 is 9.42 Å². The molecular formula is C19H24BrN3O2. The van der Waals surface area contributed by atoms with Crippen LogP contribution in [0.4, 0.5) is 0 Å². The van der Waals surface area contributed by atoms with Gasteiger partial charge in [-0.2, -0.15) is 4.98 Å². The Morgan fingerprint density at radius 1 is 1.28 bits per heavy atom. The molecule has 3 rings (SSSR count). The van der Waals surface area contributed by atoms with Crippen LogP contribution in [0.5, 0.6) is 0 Å². The summed E-state index contributed by atoms with van der Waals surface area (Å²) < 4.78 is 6.50. The van der Waals surface area contributed by atoms with Crippen molar-refractivity contribution in [3.8, 4) is 11.4 Å². The number of benzene rings is 1. The number of carbonyl (C=O) groups is 1. The quantitative estimate of drug-likeness (QED) is 0.598. The summed E-state index contributed by atoms with van der Waals surface area (Å²) in [6.45, 7) is 2.96. The van der Waals surface area contributed by atoms with Gasteiger partial charge in [-0.15, -0.1) is 0 Å². The Morgan fingerprint density at radius 3 is 2.84 bits per heavy atom. The Hall–Kier alpha value is -1.69. The predicted octanol–water partition coefficient (Wildman–Crippen LogP) is 5.13. The molecule has 0 radical (unpaired) electrons. The van der Waals surface area contributed by atoms with Gasteiger partial charge >= 0.3 is 0 Å². The lowest BCUT2D eigenvalue weighted by Gasteiger charge is -2.21. The third-order valence-electron chi connectivity index (χ3n) is 4.65. The van der Waals surface area contributed by atoms with Crippen molar-refractivity contribution in [3.63, 3.8) is 0 Å². The van der Waals surface area contributed by atoms with Crippen molar-refractivity contribution in [2.75, 3.05) is 6.54 Å². The summed E-state index contributed by atoms with van der Waals surface area (Å²) in [6.07, 6.45) is 6.95. The summed E-state index contributed by atoms with van der Waals surface area (Å²) in [5.74, 6) is 1.34. The number of hydrogen-bond donors (Lipinski definition) is 0. The van der Waals surface area contributed by atoms with E-state index in [9.17, 15) is 4.79 Å². The smallest absolute Gasteiger partial charge is 0.249 e. The van der Waals surface area contributed by atoms with Crippen molar-refractivity contribution in [1.82, 2.24) is 15.0 Å². The molecule has 1 aromatic heterocycles. The van der Waals surface area contributed by atoms with Gasteiger partial charge in [0.25, 0.3) is 0 Å². The first kappa shape index (κ1) is 18.1. The monoisotopic (exact) mass is 405 g/mol. The van der Waals surface area contributed by atoms with E-state index in [1.807, 2.05) is 29.2 Å². The van der Waals surface area contributed by atoms with Crippen molar-refractivity contribution < 1.29 is 9.32 Å². The van der Waals surface area contributed by atoms with Gasteiger partial charge in [-0.1, -0.05) is 47.3 Å². The molecular weight excluding hydrogens is 382 g/mol. The van der Waals surface area contributed by atoms with E-state index >= 15 is 0 Å². The van der Waals surface area contributed by atoms with Gasteiger partial charge in [-0.3, -0.25) is 4.79 Å². The molecule has 0 aliphatic carbocycles. The van der Waals surface area contributed by atoms with E-state index in [-0.39, 0.29) is 11.9 Å². The first-order valence-corrected chi connectivity index (χ1v) is 9.87. The largest absolute Gasteiger partial charge is 0.337 e. The topological polar surface area (TPSA) is 59.2 Å². The second-order valence-electron chi connectivity index (χ2n) is 6.52. The summed E-state index contributed by atoms with van der Waals surface area (Å²) >= 11 is 3.42. The highest BCUT2D eigenvalue weighted by atomic mass is 79.9. The van der Waals surface area contributed by atoms with Gasteiger partial charge in [0.05, 0.1) is 0 Å². The Balaban J connectivity index is 1.66. The van der Waals surface area contributed by atoms with E-state index in [1.165, 1.54) is 12.8 Å². The van der Waals surface area contributed by atoms with Crippen molar-refractivity contribution >= 4 is 21.8 Å². The molecule has 6 heteroatoms. The zero-order valence-electron chi connectivity index (χ0n) is 14.6. The number of aromatic nitrogens is 2. The number of likely N-dealkylation sites (tertiary alicyclic amines) is 1. The normalized spacial score (nSPS) is 17.2. The molecule has 1 aromatic carbocycles. The molecule has 1 aliphatic heterocycles. The van der Waals surface area contributed by atoms with Crippen molar-refractivity contribution in [2.24, 2.45) is 0 Å². The minimum absolute atomic E-state index is 0.0737. The maximum absolute atomic E-state index is 12.5. The molecule has 1 atom stereocenters. The second-order valence-corrected chi connectivity index (χ2v) is 7.43. The fourth-order valence-corrected chi connectivity index (χ4v) is 3.52. The van der Waals surface area contributed by atoms with Crippen LogP contribution in [0, 0.1) is 0 Å². The Labute approximate surface area is 156 Å². The number of halogens is 1. The van der Waals surface area contributed by atoms with Crippen LogP contribution < -0.4 is 0 Å². The zero-order valence-corrected chi connectivity index (χ0v) is 16.2. The SMILES string of the molecule is CCCCCCC(=O)N1CCCC1c1nc(-c2ccc(Br)cc2)no1. The second kappa shape index (κ2) is 8.61. The number of amides is 1. The molecule has 2 heterocycles. The number of nitrogens with zero attached hydrogens (tertiary/aromatic N) is 3. The van der Waals surface area contributed by atoms with Gasteiger partial charge in [-0.05, 0) is 43.5 Å². The van der Waals surface area contributed by atoms with Gasteiger partial charge in [0.1, 0.15) is 6.04 Å². The zero-order chi connectivity index (χ0) is 17.6. The van der Waals surface area contributed by atoms with Crippen molar-refractivity contribution in [2.45, 2.75) is 57.9 Å².